The second-order valence-electron chi connectivity index (χ2n) is 4.33. The molecule has 3 N–H and O–H groups in total. The van der Waals surface area contributed by atoms with Crippen LogP contribution in [0.4, 0.5) is 10.6 Å². The number of anilines is 1. The minimum atomic E-state index is -0.455. The predicted molar refractivity (Wildman–Crippen MR) is 82.3 cm³/mol. The van der Waals surface area contributed by atoms with E-state index < -0.39 is 6.09 Å². The Hall–Kier alpha value is -2.82. The molecular weight excluding hydrogens is 266 g/mol. The zero-order chi connectivity index (χ0) is 14.9. The predicted octanol–water partition coefficient (Wildman–Crippen LogP) is 2.60. The molecule has 0 fully saturated rings. The number of hydrogen-bond acceptors (Lipinski definition) is 4. The van der Waals surface area contributed by atoms with Crippen LogP contribution in [0.2, 0.25) is 0 Å². The molecule has 0 atom stereocenters. The summed E-state index contributed by atoms with van der Waals surface area (Å²) in [5.41, 5.74) is 7.27. The lowest BCUT2D eigenvalue weighted by atomic mass is 10.2. The molecule has 108 valence electrons. The third kappa shape index (κ3) is 5.36. The van der Waals surface area contributed by atoms with E-state index in [9.17, 15) is 4.79 Å². The summed E-state index contributed by atoms with van der Waals surface area (Å²) in [6, 6.07) is 14.9. The number of carbonyl (C=O) groups excluding carboxylic acids is 1. The van der Waals surface area contributed by atoms with E-state index in [1.807, 2.05) is 42.5 Å². The zero-order valence-electron chi connectivity index (χ0n) is 11.5. The highest BCUT2D eigenvalue weighted by Crippen LogP contribution is 2.02. The second-order valence-corrected chi connectivity index (χ2v) is 4.33. The molecule has 5 nitrogen and oxygen atoms in total. The van der Waals surface area contributed by atoms with Gasteiger partial charge in [0.05, 0.1) is 5.69 Å². The average molecular weight is 283 g/mol. The van der Waals surface area contributed by atoms with Gasteiger partial charge in [0.15, 0.2) is 0 Å². The Morgan fingerprint density at radius 3 is 2.76 bits per heavy atom. The maximum atomic E-state index is 11.5. The number of nitrogens with two attached hydrogens (primary N) is 1. The SMILES string of the molecule is Nc1cccc(C=CCNC(=O)OCc2ccccc2)n1. The summed E-state index contributed by atoms with van der Waals surface area (Å²) in [6.45, 7) is 0.622. The largest absolute Gasteiger partial charge is 0.445 e. The second kappa shape index (κ2) is 7.69. The van der Waals surface area contributed by atoms with Crippen molar-refractivity contribution in [2.75, 3.05) is 12.3 Å². The number of nitrogens with zero attached hydrogens (tertiary/aromatic N) is 1. The van der Waals surface area contributed by atoms with Gasteiger partial charge in [0.1, 0.15) is 12.4 Å². The lowest BCUT2D eigenvalue weighted by Gasteiger charge is -2.05. The summed E-state index contributed by atoms with van der Waals surface area (Å²) in [5.74, 6) is 0.465. The molecule has 0 spiro atoms. The quantitative estimate of drug-likeness (QED) is 0.884. The molecule has 0 aliphatic carbocycles. The molecule has 0 bridgehead atoms. The van der Waals surface area contributed by atoms with Gasteiger partial charge in [-0.1, -0.05) is 42.5 Å². The highest BCUT2D eigenvalue weighted by molar-refractivity contribution is 5.67. The Morgan fingerprint density at radius 2 is 2.00 bits per heavy atom. The molecule has 2 rings (SSSR count). The number of benzene rings is 1. The van der Waals surface area contributed by atoms with Gasteiger partial charge in [0, 0.05) is 6.54 Å². The van der Waals surface area contributed by atoms with Gasteiger partial charge in [0.2, 0.25) is 0 Å². The fourth-order valence-corrected chi connectivity index (χ4v) is 1.66. The summed E-state index contributed by atoms with van der Waals surface area (Å²) >= 11 is 0. The van der Waals surface area contributed by atoms with Crippen LogP contribution in [-0.4, -0.2) is 17.6 Å². The Bertz CT molecular complexity index is 612. The Kier molecular flexibility index (Phi) is 5.34. The van der Waals surface area contributed by atoms with Crippen LogP contribution >= 0.6 is 0 Å². The smallest absolute Gasteiger partial charge is 0.407 e. The summed E-state index contributed by atoms with van der Waals surface area (Å²) in [4.78, 5) is 15.6. The van der Waals surface area contributed by atoms with Crippen LogP contribution in [0.15, 0.2) is 54.6 Å². The molecule has 0 aliphatic rings. The number of nitrogen functional groups attached to an aromatic ring is 1. The van der Waals surface area contributed by atoms with E-state index in [1.54, 1.807) is 18.2 Å². The van der Waals surface area contributed by atoms with Crippen molar-refractivity contribution < 1.29 is 9.53 Å². The Labute approximate surface area is 123 Å². The number of aromatic nitrogens is 1. The number of rotatable bonds is 5. The normalized spacial score (nSPS) is 10.5. The molecule has 0 saturated heterocycles. The molecular formula is C16H17N3O2. The molecule has 21 heavy (non-hydrogen) atoms. The number of nitrogens with one attached hydrogen (secondary N) is 1. The van der Waals surface area contributed by atoms with E-state index >= 15 is 0 Å². The summed E-state index contributed by atoms with van der Waals surface area (Å²) in [5, 5.41) is 2.63. The van der Waals surface area contributed by atoms with E-state index in [0.29, 0.717) is 12.4 Å². The van der Waals surface area contributed by atoms with Crippen molar-refractivity contribution in [3.8, 4) is 0 Å². The number of carbonyl (C=O) groups is 1. The summed E-state index contributed by atoms with van der Waals surface area (Å²) in [7, 11) is 0. The molecule has 5 heteroatoms. The first-order chi connectivity index (χ1) is 10.2. The van der Waals surface area contributed by atoms with Gasteiger partial charge in [-0.05, 0) is 23.8 Å². The van der Waals surface area contributed by atoms with Gasteiger partial charge < -0.3 is 15.8 Å². The Morgan fingerprint density at radius 1 is 1.19 bits per heavy atom. The van der Waals surface area contributed by atoms with E-state index in [1.165, 1.54) is 0 Å². The monoisotopic (exact) mass is 283 g/mol. The molecule has 1 heterocycles. The number of amides is 1. The maximum absolute atomic E-state index is 11.5. The van der Waals surface area contributed by atoms with E-state index in [-0.39, 0.29) is 6.61 Å². The standard InChI is InChI=1S/C16H17N3O2/c17-15-10-4-8-14(19-15)9-5-11-18-16(20)21-12-13-6-2-1-3-7-13/h1-10H,11-12H2,(H2,17,19)(H,18,20). The first-order valence-corrected chi connectivity index (χ1v) is 6.57. The molecule has 0 aliphatic heterocycles. The van der Waals surface area contributed by atoms with Crippen molar-refractivity contribution in [1.29, 1.82) is 0 Å². The molecule has 1 amide bonds. The molecule has 0 unspecified atom stereocenters. The van der Waals surface area contributed by atoms with Crippen LogP contribution in [0.3, 0.4) is 0 Å². The first kappa shape index (κ1) is 14.6. The van der Waals surface area contributed by atoms with Gasteiger partial charge >= 0.3 is 6.09 Å². The van der Waals surface area contributed by atoms with Crippen LogP contribution in [0.5, 0.6) is 0 Å². The lowest BCUT2D eigenvalue weighted by molar-refractivity contribution is 0.141. The molecule has 1 aromatic carbocycles. The van der Waals surface area contributed by atoms with Crippen molar-refractivity contribution in [3.63, 3.8) is 0 Å². The van der Waals surface area contributed by atoms with Crippen LogP contribution in [0, 0.1) is 0 Å². The fraction of sp³-hybridized carbons (Fsp3) is 0.125. The lowest BCUT2D eigenvalue weighted by Crippen LogP contribution is -2.24. The average Bonchev–Trinajstić information content (AvgIpc) is 2.51. The van der Waals surface area contributed by atoms with Crippen molar-refractivity contribution in [2.45, 2.75) is 6.61 Å². The number of hydrogen-bond donors (Lipinski definition) is 2. The molecule has 2 aromatic rings. The number of pyridine rings is 1. The van der Waals surface area contributed by atoms with Gasteiger partial charge in [-0.25, -0.2) is 9.78 Å². The minimum Gasteiger partial charge on any atom is -0.445 e. The third-order valence-corrected chi connectivity index (χ3v) is 2.66. The highest BCUT2D eigenvalue weighted by atomic mass is 16.5. The molecule has 0 radical (unpaired) electrons. The van der Waals surface area contributed by atoms with Crippen LogP contribution in [-0.2, 0) is 11.3 Å². The van der Waals surface area contributed by atoms with Crippen molar-refractivity contribution in [2.24, 2.45) is 0 Å². The van der Waals surface area contributed by atoms with Crippen molar-refractivity contribution >= 4 is 18.0 Å². The minimum absolute atomic E-state index is 0.257. The third-order valence-electron chi connectivity index (χ3n) is 2.66. The fourth-order valence-electron chi connectivity index (χ4n) is 1.66. The topological polar surface area (TPSA) is 77.2 Å². The maximum Gasteiger partial charge on any atom is 0.407 e. The van der Waals surface area contributed by atoms with Gasteiger partial charge in [-0.15, -0.1) is 0 Å². The van der Waals surface area contributed by atoms with Crippen molar-refractivity contribution in [1.82, 2.24) is 10.3 Å². The van der Waals surface area contributed by atoms with Gasteiger partial charge in [-0.2, -0.15) is 0 Å². The van der Waals surface area contributed by atoms with Crippen LogP contribution < -0.4 is 11.1 Å². The van der Waals surface area contributed by atoms with E-state index in [0.717, 1.165) is 11.3 Å². The number of ether oxygens (including phenoxy) is 1. The molecule has 1 aromatic heterocycles. The highest BCUT2D eigenvalue weighted by Gasteiger charge is 2.00. The molecule has 0 saturated carbocycles. The van der Waals surface area contributed by atoms with E-state index in [2.05, 4.69) is 10.3 Å². The van der Waals surface area contributed by atoms with Gasteiger partial charge in [-0.3, -0.25) is 0 Å². The summed E-state index contributed by atoms with van der Waals surface area (Å²) < 4.78 is 5.08. The van der Waals surface area contributed by atoms with Gasteiger partial charge in [0.25, 0.3) is 0 Å². The summed E-state index contributed by atoms with van der Waals surface area (Å²) in [6.07, 6.45) is 3.11. The first-order valence-electron chi connectivity index (χ1n) is 6.57. The van der Waals surface area contributed by atoms with Crippen molar-refractivity contribution in [3.05, 3.63) is 65.9 Å². The van der Waals surface area contributed by atoms with Crippen LogP contribution in [0.25, 0.3) is 6.08 Å². The van der Waals surface area contributed by atoms with Crippen LogP contribution in [0.1, 0.15) is 11.3 Å². The Balaban J connectivity index is 1.69. The zero-order valence-corrected chi connectivity index (χ0v) is 11.5. The van der Waals surface area contributed by atoms with E-state index in [4.69, 9.17) is 10.5 Å². The number of alkyl carbamates (subject to hydrolysis) is 1.